The van der Waals surface area contributed by atoms with Gasteiger partial charge in [-0.15, -0.1) is 0 Å². The van der Waals surface area contributed by atoms with Gasteiger partial charge in [-0.3, -0.25) is 0 Å². The van der Waals surface area contributed by atoms with Crippen LogP contribution in [0.3, 0.4) is 0 Å². The van der Waals surface area contributed by atoms with Crippen molar-refractivity contribution in [1.29, 1.82) is 0 Å². The highest BCUT2D eigenvalue weighted by Gasteiger charge is 2.29. The van der Waals surface area contributed by atoms with Gasteiger partial charge in [-0.2, -0.15) is 9.40 Å². The van der Waals surface area contributed by atoms with Gasteiger partial charge in [-0.25, -0.2) is 28.1 Å². The van der Waals surface area contributed by atoms with E-state index < -0.39 is 10.0 Å². The first-order valence-corrected chi connectivity index (χ1v) is 9.97. The fraction of sp³-hybridized carbons (Fsp3) is 0.294. The SMILES string of the molecule is Cc1ccc(S(=O)(=O)N2CCN(c3cc(-n4cncn4)ncn3)CC2)cc1. The highest BCUT2D eigenvalue weighted by atomic mass is 32.2. The van der Waals surface area contributed by atoms with Gasteiger partial charge in [0.1, 0.15) is 24.8 Å². The number of rotatable bonds is 4. The van der Waals surface area contributed by atoms with Gasteiger partial charge in [0, 0.05) is 32.2 Å². The summed E-state index contributed by atoms with van der Waals surface area (Å²) in [5, 5.41) is 4.07. The van der Waals surface area contributed by atoms with Crippen LogP contribution in [0.4, 0.5) is 5.82 Å². The van der Waals surface area contributed by atoms with Gasteiger partial charge in [0.15, 0.2) is 5.82 Å². The Balaban J connectivity index is 1.48. The Hall–Kier alpha value is -2.85. The van der Waals surface area contributed by atoms with Crippen LogP contribution in [0, 0.1) is 6.92 Å². The topological polar surface area (TPSA) is 97.1 Å². The Bertz CT molecular complexity index is 1010. The number of hydrogen-bond acceptors (Lipinski definition) is 7. The van der Waals surface area contributed by atoms with Gasteiger partial charge >= 0.3 is 0 Å². The fourth-order valence-electron chi connectivity index (χ4n) is 2.98. The zero-order valence-corrected chi connectivity index (χ0v) is 15.6. The van der Waals surface area contributed by atoms with Gasteiger partial charge in [0.05, 0.1) is 4.90 Å². The fourth-order valence-corrected chi connectivity index (χ4v) is 4.40. The summed E-state index contributed by atoms with van der Waals surface area (Å²) < 4.78 is 28.7. The Morgan fingerprint density at radius 1 is 0.926 bits per heavy atom. The highest BCUT2D eigenvalue weighted by Crippen LogP contribution is 2.21. The van der Waals surface area contributed by atoms with Gasteiger partial charge in [0.25, 0.3) is 0 Å². The van der Waals surface area contributed by atoms with Crippen LogP contribution in [0.1, 0.15) is 5.56 Å². The number of benzene rings is 1. The maximum atomic E-state index is 12.8. The first-order valence-electron chi connectivity index (χ1n) is 8.53. The molecule has 3 heterocycles. The lowest BCUT2D eigenvalue weighted by Crippen LogP contribution is -2.48. The number of piperazine rings is 1. The van der Waals surface area contributed by atoms with E-state index in [-0.39, 0.29) is 0 Å². The molecule has 0 atom stereocenters. The average Bonchev–Trinajstić information content (AvgIpc) is 3.23. The van der Waals surface area contributed by atoms with Crippen LogP contribution >= 0.6 is 0 Å². The second-order valence-corrected chi connectivity index (χ2v) is 8.22. The van der Waals surface area contributed by atoms with Crippen molar-refractivity contribution in [3.8, 4) is 5.82 Å². The third-order valence-corrected chi connectivity index (χ3v) is 6.43. The van der Waals surface area contributed by atoms with Crippen molar-refractivity contribution in [2.45, 2.75) is 11.8 Å². The Labute approximate surface area is 157 Å². The summed E-state index contributed by atoms with van der Waals surface area (Å²) in [5.74, 6) is 1.36. The van der Waals surface area contributed by atoms with Crippen molar-refractivity contribution < 1.29 is 8.42 Å². The monoisotopic (exact) mass is 385 g/mol. The van der Waals surface area contributed by atoms with Gasteiger partial charge in [0.2, 0.25) is 10.0 Å². The molecule has 2 aromatic heterocycles. The van der Waals surface area contributed by atoms with E-state index in [1.165, 1.54) is 17.0 Å². The van der Waals surface area contributed by atoms with Crippen LogP contribution in [0.25, 0.3) is 5.82 Å². The molecule has 1 aliphatic rings. The number of hydrogen-bond donors (Lipinski definition) is 0. The van der Waals surface area contributed by atoms with E-state index >= 15 is 0 Å². The Kier molecular flexibility index (Phi) is 4.58. The molecule has 1 aliphatic heterocycles. The van der Waals surface area contributed by atoms with Crippen LogP contribution in [0.5, 0.6) is 0 Å². The zero-order chi connectivity index (χ0) is 18.9. The molecule has 0 saturated carbocycles. The normalized spacial score (nSPS) is 15.8. The number of anilines is 1. The minimum Gasteiger partial charge on any atom is -0.354 e. The van der Waals surface area contributed by atoms with Crippen molar-refractivity contribution in [1.82, 2.24) is 29.0 Å². The van der Waals surface area contributed by atoms with Gasteiger partial charge in [-0.05, 0) is 19.1 Å². The Morgan fingerprint density at radius 2 is 1.63 bits per heavy atom. The quantitative estimate of drug-likeness (QED) is 0.657. The third-order valence-electron chi connectivity index (χ3n) is 4.51. The standard InChI is InChI=1S/C17H19N7O2S/c1-14-2-4-15(5-3-14)27(25,26)23-8-6-22(7-9-23)16-10-17(20-12-19-16)24-13-18-11-21-24/h2-5,10-13H,6-9H2,1H3. The predicted octanol–water partition coefficient (Wildman–Crippen LogP) is 0.877. The molecule has 0 bridgehead atoms. The summed E-state index contributed by atoms with van der Waals surface area (Å²) in [6, 6.07) is 8.77. The van der Waals surface area contributed by atoms with Crippen LogP contribution in [0.15, 0.2) is 54.2 Å². The molecule has 0 radical (unpaired) electrons. The molecule has 140 valence electrons. The molecular weight excluding hydrogens is 366 g/mol. The second kappa shape index (κ2) is 7.05. The predicted molar refractivity (Wildman–Crippen MR) is 99.1 cm³/mol. The molecule has 27 heavy (non-hydrogen) atoms. The summed E-state index contributed by atoms with van der Waals surface area (Å²) in [4.78, 5) is 14.8. The number of aromatic nitrogens is 5. The first-order chi connectivity index (χ1) is 13.0. The lowest BCUT2D eigenvalue weighted by Gasteiger charge is -2.34. The summed E-state index contributed by atoms with van der Waals surface area (Å²) in [7, 11) is -3.48. The molecule has 9 nitrogen and oxygen atoms in total. The van der Waals surface area contributed by atoms with Crippen LogP contribution in [-0.2, 0) is 10.0 Å². The molecule has 1 saturated heterocycles. The molecule has 3 aromatic rings. The summed E-state index contributed by atoms with van der Waals surface area (Å²) in [6.45, 7) is 3.85. The highest BCUT2D eigenvalue weighted by molar-refractivity contribution is 7.89. The molecule has 0 N–H and O–H groups in total. The lowest BCUT2D eigenvalue weighted by atomic mass is 10.2. The largest absolute Gasteiger partial charge is 0.354 e. The van der Waals surface area contributed by atoms with Crippen molar-refractivity contribution in [3.63, 3.8) is 0 Å². The molecule has 10 heteroatoms. The van der Waals surface area contributed by atoms with E-state index in [2.05, 4.69) is 20.1 Å². The van der Waals surface area contributed by atoms with Gasteiger partial charge in [-0.1, -0.05) is 17.7 Å². The maximum Gasteiger partial charge on any atom is 0.243 e. The summed E-state index contributed by atoms with van der Waals surface area (Å²) >= 11 is 0. The molecule has 1 aromatic carbocycles. The summed E-state index contributed by atoms with van der Waals surface area (Å²) in [6.07, 6.45) is 4.48. The van der Waals surface area contributed by atoms with Crippen molar-refractivity contribution in [2.75, 3.05) is 31.1 Å². The molecule has 0 aliphatic carbocycles. The van der Waals surface area contributed by atoms with E-state index in [1.54, 1.807) is 23.1 Å². The number of aryl methyl sites for hydroxylation is 1. The Morgan fingerprint density at radius 3 is 2.30 bits per heavy atom. The molecule has 0 unspecified atom stereocenters. The van der Waals surface area contributed by atoms with Crippen LogP contribution in [-0.4, -0.2) is 63.6 Å². The minimum absolute atomic E-state index is 0.331. The van der Waals surface area contributed by atoms with E-state index in [1.807, 2.05) is 30.0 Å². The average molecular weight is 385 g/mol. The van der Waals surface area contributed by atoms with Crippen LogP contribution in [0.2, 0.25) is 0 Å². The van der Waals surface area contributed by atoms with E-state index in [9.17, 15) is 8.42 Å². The van der Waals surface area contributed by atoms with E-state index in [0.717, 1.165) is 11.4 Å². The molecule has 0 amide bonds. The molecule has 4 rings (SSSR count). The number of sulfonamides is 1. The number of nitrogens with zero attached hydrogens (tertiary/aromatic N) is 7. The van der Waals surface area contributed by atoms with Crippen LogP contribution < -0.4 is 4.90 Å². The maximum absolute atomic E-state index is 12.8. The van der Waals surface area contributed by atoms with E-state index in [0.29, 0.717) is 36.9 Å². The minimum atomic E-state index is -3.48. The smallest absolute Gasteiger partial charge is 0.243 e. The van der Waals surface area contributed by atoms with Crippen molar-refractivity contribution >= 4 is 15.8 Å². The van der Waals surface area contributed by atoms with Crippen molar-refractivity contribution in [2.24, 2.45) is 0 Å². The zero-order valence-electron chi connectivity index (χ0n) is 14.8. The lowest BCUT2D eigenvalue weighted by molar-refractivity contribution is 0.383. The van der Waals surface area contributed by atoms with Crippen molar-refractivity contribution in [3.05, 3.63) is 54.9 Å². The first kappa shape index (κ1) is 17.6. The van der Waals surface area contributed by atoms with Gasteiger partial charge < -0.3 is 4.90 Å². The molecular formula is C17H19N7O2S. The molecule has 0 spiro atoms. The second-order valence-electron chi connectivity index (χ2n) is 6.28. The third kappa shape index (κ3) is 3.53. The summed E-state index contributed by atoms with van der Waals surface area (Å²) in [5.41, 5.74) is 1.03. The molecule has 1 fully saturated rings. The van der Waals surface area contributed by atoms with E-state index in [4.69, 9.17) is 0 Å².